The van der Waals surface area contributed by atoms with Crippen LogP contribution in [0.1, 0.15) is 32.4 Å². The zero-order chi connectivity index (χ0) is 13.3. The van der Waals surface area contributed by atoms with E-state index in [1.165, 1.54) is 16.8 Å². The summed E-state index contributed by atoms with van der Waals surface area (Å²) in [5, 5.41) is 0. The van der Waals surface area contributed by atoms with E-state index in [2.05, 4.69) is 4.98 Å². The van der Waals surface area contributed by atoms with Crippen molar-refractivity contribution in [2.24, 2.45) is 0 Å². The standard InChI is InChI=1S/C11H15F2N3O2/c1-2-11(9(12)13)5-3-8(18-11)16-6-4-7(14)15-10(16)17/h4,6,8-9H,2-3,5H2,1H3,(H2,14,15,17)/t8-,11-/m1/s1. The highest BCUT2D eigenvalue weighted by Gasteiger charge is 2.47. The first-order valence-electron chi connectivity index (χ1n) is 5.79. The third kappa shape index (κ3) is 2.10. The normalized spacial score (nSPS) is 27.9. The molecule has 1 aromatic rings. The molecule has 2 heterocycles. The molecule has 0 saturated carbocycles. The number of aromatic nitrogens is 2. The van der Waals surface area contributed by atoms with Crippen LogP contribution in [-0.4, -0.2) is 21.6 Å². The highest BCUT2D eigenvalue weighted by molar-refractivity contribution is 5.23. The topological polar surface area (TPSA) is 70.1 Å². The quantitative estimate of drug-likeness (QED) is 0.894. The highest BCUT2D eigenvalue weighted by Crippen LogP contribution is 2.41. The predicted octanol–water partition coefficient (Wildman–Crippen LogP) is 1.55. The van der Waals surface area contributed by atoms with Gasteiger partial charge >= 0.3 is 5.69 Å². The maximum absolute atomic E-state index is 13.0. The predicted molar refractivity (Wildman–Crippen MR) is 61.3 cm³/mol. The lowest BCUT2D eigenvalue weighted by Crippen LogP contribution is -2.37. The monoisotopic (exact) mass is 259 g/mol. The zero-order valence-electron chi connectivity index (χ0n) is 9.97. The van der Waals surface area contributed by atoms with Gasteiger partial charge in [0.05, 0.1) is 0 Å². The van der Waals surface area contributed by atoms with Crippen LogP contribution in [0, 0.1) is 0 Å². The summed E-state index contributed by atoms with van der Waals surface area (Å²) in [6, 6.07) is 1.44. The van der Waals surface area contributed by atoms with Gasteiger partial charge in [0, 0.05) is 6.20 Å². The summed E-state index contributed by atoms with van der Waals surface area (Å²) in [7, 11) is 0. The van der Waals surface area contributed by atoms with E-state index >= 15 is 0 Å². The fraction of sp³-hybridized carbons (Fsp3) is 0.636. The van der Waals surface area contributed by atoms with E-state index in [9.17, 15) is 13.6 Å². The molecule has 0 aliphatic carbocycles. The minimum atomic E-state index is -2.56. The van der Waals surface area contributed by atoms with Crippen LogP contribution in [0.2, 0.25) is 0 Å². The third-order valence-corrected chi connectivity index (χ3v) is 3.34. The maximum Gasteiger partial charge on any atom is 0.351 e. The minimum absolute atomic E-state index is 0.102. The first-order chi connectivity index (χ1) is 8.48. The first kappa shape index (κ1) is 12.9. The molecular formula is C11H15F2N3O2. The van der Waals surface area contributed by atoms with E-state index in [4.69, 9.17) is 10.5 Å². The SMILES string of the molecule is CC[C@]1(C(F)F)CC[C@H](n2ccc(N)nc2=O)O1. The number of hydrogen-bond acceptors (Lipinski definition) is 4. The van der Waals surface area contributed by atoms with Crippen molar-refractivity contribution in [1.82, 2.24) is 9.55 Å². The van der Waals surface area contributed by atoms with Crippen molar-refractivity contribution in [2.75, 3.05) is 5.73 Å². The van der Waals surface area contributed by atoms with Crippen molar-refractivity contribution in [1.29, 1.82) is 0 Å². The average molecular weight is 259 g/mol. The number of nitrogens with two attached hydrogens (primary N) is 1. The molecule has 0 unspecified atom stereocenters. The Bertz CT molecular complexity index is 491. The largest absolute Gasteiger partial charge is 0.383 e. The fourth-order valence-electron chi connectivity index (χ4n) is 2.17. The number of hydrogen-bond donors (Lipinski definition) is 1. The molecule has 2 rings (SSSR count). The van der Waals surface area contributed by atoms with Gasteiger partial charge in [-0.3, -0.25) is 4.57 Å². The van der Waals surface area contributed by atoms with Gasteiger partial charge in [0.2, 0.25) is 0 Å². The Morgan fingerprint density at radius 1 is 1.72 bits per heavy atom. The second-order valence-electron chi connectivity index (χ2n) is 4.37. The number of anilines is 1. The van der Waals surface area contributed by atoms with E-state index < -0.39 is 23.9 Å². The third-order valence-electron chi connectivity index (χ3n) is 3.34. The maximum atomic E-state index is 13.0. The molecule has 0 bridgehead atoms. The van der Waals surface area contributed by atoms with Crippen molar-refractivity contribution in [3.63, 3.8) is 0 Å². The lowest BCUT2D eigenvalue weighted by atomic mass is 9.98. The molecule has 0 aromatic carbocycles. The van der Waals surface area contributed by atoms with E-state index in [1.54, 1.807) is 6.92 Å². The summed E-state index contributed by atoms with van der Waals surface area (Å²) in [4.78, 5) is 15.2. The summed E-state index contributed by atoms with van der Waals surface area (Å²) < 4.78 is 32.6. The number of rotatable bonds is 3. The Labute approximate surface area is 103 Å². The van der Waals surface area contributed by atoms with E-state index in [-0.39, 0.29) is 18.7 Å². The zero-order valence-corrected chi connectivity index (χ0v) is 9.97. The number of ether oxygens (including phenoxy) is 1. The molecule has 100 valence electrons. The van der Waals surface area contributed by atoms with Gasteiger partial charge in [0.25, 0.3) is 6.43 Å². The summed E-state index contributed by atoms with van der Waals surface area (Å²) >= 11 is 0. The molecule has 2 N–H and O–H groups in total. The Morgan fingerprint density at radius 3 is 2.94 bits per heavy atom. The molecule has 2 atom stereocenters. The van der Waals surface area contributed by atoms with Gasteiger partial charge in [-0.1, -0.05) is 6.92 Å². The minimum Gasteiger partial charge on any atom is -0.383 e. The van der Waals surface area contributed by atoms with Gasteiger partial charge in [-0.05, 0) is 25.3 Å². The van der Waals surface area contributed by atoms with Gasteiger partial charge in [-0.2, -0.15) is 4.98 Å². The average Bonchev–Trinajstić information content (AvgIpc) is 2.74. The van der Waals surface area contributed by atoms with Crippen molar-refractivity contribution in [3.8, 4) is 0 Å². The molecule has 0 radical (unpaired) electrons. The van der Waals surface area contributed by atoms with Crippen molar-refractivity contribution in [3.05, 3.63) is 22.7 Å². The molecule has 5 nitrogen and oxygen atoms in total. The Morgan fingerprint density at radius 2 is 2.44 bits per heavy atom. The van der Waals surface area contributed by atoms with Gasteiger partial charge in [0.1, 0.15) is 17.6 Å². The van der Waals surface area contributed by atoms with Crippen LogP contribution in [0.3, 0.4) is 0 Å². The lowest BCUT2D eigenvalue weighted by Gasteiger charge is -2.27. The Kier molecular flexibility index (Phi) is 3.34. The van der Waals surface area contributed by atoms with Crippen LogP contribution in [0.15, 0.2) is 17.1 Å². The van der Waals surface area contributed by atoms with Crippen LogP contribution in [-0.2, 0) is 4.74 Å². The first-order valence-corrected chi connectivity index (χ1v) is 5.79. The van der Waals surface area contributed by atoms with Crippen LogP contribution < -0.4 is 11.4 Å². The molecular weight excluding hydrogens is 244 g/mol. The van der Waals surface area contributed by atoms with Gasteiger partial charge < -0.3 is 10.5 Å². The number of nitrogens with zero attached hydrogens (tertiary/aromatic N) is 2. The van der Waals surface area contributed by atoms with Gasteiger partial charge in [0.15, 0.2) is 0 Å². The smallest absolute Gasteiger partial charge is 0.351 e. The van der Waals surface area contributed by atoms with Crippen molar-refractivity contribution < 1.29 is 13.5 Å². The summed E-state index contributed by atoms with van der Waals surface area (Å²) in [6.07, 6.45) is -1.04. The summed E-state index contributed by atoms with van der Waals surface area (Å²) in [6.45, 7) is 1.65. The van der Waals surface area contributed by atoms with Crippen molar-refractivity contribution in [2.45, 2.75) is 44.4 Å². The van der Waals surface area contributed by atoms with E-state index in [1.807, 2.05) is 0 Å². The van der Waals surface area contributed by atoms with Gasteiger partial charge in [-0.15, -0.1) is 0 Å². The number of nitrogen functional groups attached to an aromatic ring is 1. The molecule has 1 aromatic heterocycles. The van der Waals surface area contributed by atoms with Crippen LogP contribution in [0.5, 0.6) is 0 Å². The number of halogens is 2. The molecule has 0 amide bonds. The second-order valence-corrected chi connectivity index (χ2v) is 4.37. The summed E-state index contributed by atoms with van der Waals surface area (Å²) in [5.41, 5.74) is 3.33. The molecule has 0 spiro atoms. The second kappa shape index (κ2) is 4.64. The molecule has 18 heavy (non-hydrogen) atoms. The fourth-order valence-corrected chi connectivity index (χ4v) is 2.17. The van der Waals surface area contributed by atoms with Gasteiger partial charge in [-0.25, -0.2) is 13.6 Å². The molecule has 1 saturated heterocycles. The molecule has 7 heteroatoms. The number of alkyl halides is 2. The van der Waals surface area contributed by atoms with E-state index in [0.29, 0.717) is 6.42 Å². The summed E-state index contributed by atoms with van der Waals surface area (Å²) in [5.74, 6) is 0.102. The van der Waals surface area contributed by atoms with Crippen LogP contribution in [0.25, 0.3) is 0 Å². The van der Waals surface area contributed by atoms with E-state index in [0.717, 1.165) is 0 Å². The Hall–Kier alpha value is -1.50. The molecule has 1 aliphatic rings. The van der Waals surface area contributed by atoms with Crippen LogP contribution >= 0.6 is 0 Å². The highest BCUT2D eigenvalue weighted by atomic mass is 19.3. The lowest BCUT2D eigenvalue weighted by molar-refractivity contribution is -0.152. The van der Waals surface area contributed by atoms with Crippen LogP contribution in [0.4, 0.5) is 14.6 Å². The van der Waals surface area contributed by atoms with Crippen molar-refractivity contribution >= 4 is 5.82 Å². The molecule has 1 aliphatic heterocycles. The molecule has 1 fully saturated rings. The Balaban J connectivity index is 2.25.